The number of piperidine rings is 1. The van der Waals surface area contributed by atoms with E-state index in [9.17, 15) is 18.7 Å². The number of carbonyl (C=O) groups is 1. The molecule has 2 bridgehead atoms. The first kappa shape index (κ1) is 16.0. The van der Waals surface area contributed by atoms with Crippen LogP contribution in [0.1, 0.15) is 31.2 Å². The van der Waals surface area contributed by atoms with E-state index in [1.165, 1.54) is 0 Å². The van der Waals surface area contributed by atoms with Crippen molar-refractivity contribution in [1.82, 2.24) is 4.90 Å². The lowest BCUT2D eigenvalue weighted by Gasteiger charge is -2.37. The summed E-state index contributed by atoms with van der Waals surface area (Å²) < 4.78 is 34.4. The molecule has 1 N–H and O–H groups in total. The number of carboxylic acid groups (broad SMARTS) is 1. The second kappa shape index (κ2) is 6.70. The Labute approximate surface area is 132 Å². The van der Waals surface area contributed by atoms with E-state index in [0.29, 0.717) is 24.2 Å². The molecular weight excluding hydrogens is 308 g/mol. The highest BCUT2D eigenvalue weighted by Crippen LogP contribution is 2.37. The molecule has 0 saturated carbocycles. The summed E-state index contributed by atoms with van der Waals surface area (Å²) >= 11 is 0. The van der Waals surface area contributed by atoms with E-state index >= 15 is 0 Å². The lowest BCUT2D eigenvalue weighted by molar-refractivity contribution is -0.137. The van der Waals surface area contributed by atoms with E-state index in [-0.39, 0.29) is 24.8 Å². The van der Waals surface area contributed by atoms with Gasteiger partial charge in [0.2, 0.25) is 0 Å². The normalized spacial score (nSPS) is 26.6. The van der Waals surface area contributed by atoms with Gasteiger partial charge in [0.25, 0.3) is 0 Å². The number of benzene rings is 1. The van der Waals surface area contributed by atoms with E-state index in [4.69, 9.17) is 4.74 Å². The molecule has 1 unspecified atom stereocenters. The van der Waals surface area contributed by atoms with Crippen LogP contribution < -0.4 is 4.74 Å². The molecule has 5 nitrogen and oxygen atoms in total. The Morgan fingerprint density at radius 2 is 2.00 bits per heavy atom. The molecule has 3 rings (SSSR count). The molecular formula is C16H19F2NO4. The molecule has 2 aliphatic heterocycles. The van der Waals surface area contributed by atoms with E-state index in [0.717, 1.165) is 12.8 Å². The van der Waals surface area contributed by atoms with Crippen LogP contribution >= 0.6 is 0 Å². The third-order valence-corrected chi connectivity index (χ3v) is 4.49. The molecule has 1 amide bonds. The fraction of sp³-hybridized carbons (Fsp3) is 0.562. The molecule has 23 heavy (non-hydrogen) atoms. The summed E-state index contributed by atoms with van der Waals surface area (Å²) in [7, 11) is 0. The average molecular weight is 327 g/mol. The zero-order chi connectivity index (χ0) is 16.4. The summed E-state index contributed by atoms with van der Waals surface area (Å²) in [6.45, 7) is -2.96. The summed E-state index contributed by atoms with van der Waals surface area (Å²) in [5.74, 6) is 0.605. The van der Waals surface area contributed by atoms with E-state index < -0.39 is 12.7 Å². The van der Waals surface area contributed by atoms with Crippen LogP contribution in [-0.2, 0) is 11.3 Å². The Bertz CT molecular complexity index is 555. The fourth-order valence-electron chi connectivity index (χ4n) is 3.60. The van der Waals surface area contributed by atoms with Gasteiger partial charge in [0, 0.05) is 24.9 Å². The number of hydrogen-bond donors (Lipinski definition) is 1. The van der Waals surface area contributed by atoms with Crippen molar-refractivity contribution in [1.29, 1.82) is 0 Å². The minimum atomic E-state index is -2.80. The van der Waals surface area contributed by atoms with Crippen molar-refractivity contribution in [2.75, 3.05) is 0 Å². The Morgan fingerprint density at radius 1 is 1.30 bits per heavy atom. The van der Waals surface area contributed by atoms with Gasteiger partial charge in [-0.3, -0.25) is 0 Å². The second-order valence-electron chi connectivity index (χ2n) is 6.01. The lowest BCUT2D eigenvalue weighted by Crippen LogP contribution is -2.48. The largest absolute Gasteiger partial charge is 0.490 e. The summed E-state index contributed by atoms with van der Waals surface area (Å²) in [6.07, 6.45) is 2.18. The quantitative estimate of drug-likeness (QED) is 0.899. The Hall–Kier alpha value is -1.89. The van der Waals surface area contributed by atoms with Gasteiger partial charge in [0.05, 0.1) is 6.61 Å². The highest BCUT2D eigenvalue weighted by atomic mass is 19.3. The molecule has 2 aliphatic rings. The van der Waals surface area contributed by atoms with E-state index in [1.807, 2.05) is 0 Å². The maximum atomic E-state index is 12.1. The Balaban J connectivity index is 1.60. The SMILES string of the molecule is O=C(O)N1[C@@H]2CC[C@H]1CC(Oc1cccc(COC(F)F)c1)C2. The van der Waals surface area contributed by atoms with Crippen molar-refractivity contribution >= 4 is 6.09 Å². The highest BCUT2D eigenvalue weighted by molar-refractivity contribution is 5.66. The smallest absolute Gasteiger partial charge is 0.407 e. The molecule has 2 heterocycles. The predicted octanol–water partition coefficient (Wildman–Crippen LogP) is 3.48. The number of fused-ring (bicyclic) bond motifs is 2. The van der Waals surface area contributed by atoms with Gasteiger partial charge in [0.15, 0.2) is 0 Å². The molecule has 126 valence electrons. The highest BCUT2D eigenvalue weighted by Gasteiger charge is 2.44. The van der Waals surface area contributed by atoms with Crippen LogP contribution in [0.5, 0.6) is 5.75 Å². The van der Waals surface area contributed by atoms with Crippen LogP contribution in [0.4, 0.5) is 13.6 Å². The number of hydrogen-bond acceptors (Lipinski definition) is 3. The average Bonchev–Trinajstić information content (AvgIpc) is 2.78. The molecule has 0 aromatic heterocycles. The standard InChI is InChI=1S/C16H19F2NO4/c17-15(18)22-9-10-2-1-3-13(6-10)23-14-7-11-4-5-12(8-14)19(11)16(20)21/h1-3,6,11-12,14-15H,4-5,7-9H2,(H,20,21)/t11-,12+,14?. The monoisotopic (exact) mass is 327 g/mol. The number of halogens is 2. The van der Waals surface area contributed by atoms with Crippen molar-refractivity contribution in [3.63, 3.8) is 0 Å². The van der Waals surface area contributed by atoms with Gasteiger partial charge in [0.1, 0.15) is 11.9 Å². The number of alkyl halides is 2. The van der Waals surface area contributed by atoms with Crippen molar-refractivity contribution in [2.45, 2.75) is 57.1 Å². The summed E-state index contributed by atoms with van der Waals surface area (Å²) in [6, 6.07) is 6.93. The van der Waals surface area contributed by atoms with Crippen LogP contribution in [0, 0.1) is 0 Å². The zero-order valence-corrected chi connectivity index (χ0v) is 12.5. The third-order valence-electron chi connectivity index (χ3n) is 4.49. The van der Waals surface area contributed by atoms with Crippen LogP contribution in [0.15, 0.2) is 24.3 Å². The van der Waals surface area contributed by atoms with Crippen molar-refractivity contribution in [3.05, 3.63) is 29.8 Å². The number of nitrogens with zero attached hydrogens (tertiary/aromatic N) is 1. The maximum Gasteiger partial charge on any atom is 0.407 e. The van der Waals surface area contributed by atoms with Crippen LogP contribution in [-0.4, -0.2) is 40.9 Å². The molecule has 1 aromatic carbocycles. The molecule has 7 heteroatoms. The molecule has 2 saturated heterocycles. The third kappa shape index (κ3) is 3.72. The topological polar surface area (TPSA) is 59.0 Å². The zero-order valence-electron chi connectivity index (χ0n) is 12.5. The molecule has 0 aliphatic carbocycles. The second-order valence-corrected chi connectivity index (χ2v) is 6.01. The van der Waals surface area contributed by atoms with Crippen molar-refractivity contribution in [2.24, 2.45) is 0 Å². The van der Waals surface area contributed by atoms with Gasteiger partial charge in [-0.25, -0.2) is 4.79 Å². The Morgan fingerprint density at radius 3 is 2.61 bits per heavy atom. The van der Waals surface area contributed by atoms with Crippen LogP contribution in [0.2, 0.25) is 0 Å². The van der Waals surface area contributed by atoms with Crippen molar-refractivity contribution in [3.8, 4) is 5.75 Å². The van der Waals surface area contributed by atoms with Gasteiger partial charge in [-0.1, -0.05) is 12.1 Å². The van der Waals surface area contributed by atoms with Gasteiger partial charge in [-0.2, -0.15) is 8.78 Å². The molecule has 1 aromatic rings. The van der Waals surface area contributed by atoms with E-state index in [1.54, 1.807) is 29.2 Å². The molecule has 0 spiro atoms. The minimum absolute atomic E-state index is 0.0154. The molecule has 2 fully saturated rings. The van der Waals surface area contributed by atoms with Crippen LogP contribution in [0.25, 0.3) is 0 Å². The minimum Gasteiger partial charge on any atom is -0.490 e. The van der Waals surface area contributed by atoms with Gasteiger partial charge >= 0.3 is 12.7 Å². The lowest BCUT2D eigenvalue weighted by atomic mass is 10.00. The Kier molecular flexibility index (Phi) is 4.66. The molecule has 3 atom stereocenters. The summed E-state index contributed by atoms with van der Waals surface area (Å²) in [4.78, 5) is 12.8. The first-order valence-corrected chi connectivity index (χ1v) is 7.69. The van der Waals surface area contributed by atoms with Crippen molar-refractivity contribution < 1.29 is 28.2 Å². The first-order chi connectivity index (χ1) is 11.0. The summed E-state index contributed by atoms with van der Waals surface area (Å²) in [5.41, 5.74) is 0.619. The molecule has 0 radical (unpaired) electrons. The van der Waals surface area contributed by atoms with E-state index in [2.05, 4.69) is 4.74 Å². The summed E-state index contributed by atoms with van der Waals surface area (Å²) in [5, 5.41) is 9.25. The van der Waals surface area contributed by atoms with Gasteiger partial charge in [-0.15, -0.1) is 0 Å². The van der Waals surface area contributed by atoms with Gasteiger partial charge < -0.3 is 19.5 Å². The maximum absolute atomic E-state index is 12.1. The number of rotatable bonds is 5. The van der Waals surface area contributed by atoms with Gasteiger partial charge in [-0.05, 0) is 30.5 Å². The first-order valence-electron chi connectivity index (χ1n) is 7.69. The number of amides is 1. The predicted molar refractivity (Wildman–Crippen MR) is 77.6 cm³/mol. The van der Waals surface area contributed by atoms with Crippen LogP contribution in [0.3, 0.4) is 0 Å². The number of ether oxygens (including phenoxy) is 2. The fourth-order valence-corrected chi connectivity index (χ4v) is 3.60.